The maximum Gasteiger partial charge on any atom is 0.126 e. The molecular weight excluding hydrogens is 318 g/mol. The van der Waals surface area contributed by atoms with Crippen LogP contribution in [0.2, 0.25) is 0 Å². The first kappa shape index (κ1) is 17.0. The Balaban J connectivity index is 2.46. The van der Waals surface area contributed by atoms with Crippen molar-refractivity contribution in [3.05, 3.63) is 28.2 Å². The van der Waals surface area contributed by atoms with Gasteiger partial charge in [0.05, 0.1) is 24.2 Å². The summed E-state index contributed by atoms with van der Waals surface area (Å²) in [7, 11) is 0. The van der Waals surface area contributed by atoms with Crippen LogP contribution < -0.4 is 4.74 Å². The Hall–Kier alpha value is -1.05. The van der Waals surface area contributed by atoms with Gasteiger partial charge in [0.15, 0.2) is 0 Å². The molecule has 0 bridgehead atoms. The highest BCUT2D eigenvalue weighted by atomic mass is 79.9. The van der Waals surface area contributed by atoms with E-state index in [-0.39, 0.29) is 5.41 Å². The fraction of sp³-hybridized carbons (Fsp3) is 0.562. The summed E-state index contributed by atoms with van der Waals surface area (Å²) in [6.07, 6.45) is 2.18. The Morgan fingerprint density at radius 3 is 2.70 bits per heavy atom. The molecule has 0 unspecified atom stereocenters. The molecule has 20 heavy (non-hydrogen) atoms. The van der Waals surface area contributed by atoms with Crippen molar-refractivity contribution in [2.75, 3.05) is 6.61 Å². The number of aliphatic hydroxyl groups excluding tert-OH is 1. The van der Waals surface area contributed by atoms with Crippen LogP contribution in [0.15, 0.2) is 22.7 Å². The van der Waals surface area contributed by atoms with Gasteiger partial charge in [-0.2, -0.15) is 5.26 Å². The second kappa shape index (κ2) is 7.66. The highest BCUT2D eigenvalue weighted by molar-refractivity contribution is 9.10. The minimum atomic E-state index is -0.546. The molecule has 0 aliphatic carbocycles. The molecule has 110 valence electrons. The zero-order valence-corrected chi connectivity index (χ0v) is 13.9. The molecule has 1 aromatic rings. The van der Waals surface area contributed by atoms with Gasteiger partial charge in [0.25, 0.3) is 0 Å². The number of hydrogen-bond donors (Lipinski definition) is 1. The van der Waals surface area contributed by atoms with E-state index >= 15 is 0 Å². The van der Waals surface area contributed by atoms with Crippen molar-refractivity contribution in [3.63, 3.8) is 0 Å². The van der Waals surface area contributed by atoms with Gasteiger partial charge in [-0.15, -0.1) is 0 Å². The number of halogens is 1. The second-order valence-corrected chi connectivity index (χ2v) is 6.58. The lowest BCUT2D eigenvalue weighted by molar-refractivity contribution is 0.190. The van der Waals surface area contributed by atoms with Crippen molar-refractivity contribution in [1.82, 2.24) is 0 Å². The molecule has 1 N–H and O–H groups in total. The average Bonchev–Trinajstić information content (AvgIpc) is 2.38. The van der Waals surface area contributed by atoms with E-state index in [1.54, 1.807) is 6.92 Å². The van der Waals surface area contributed by atoms with E-state index in [1.807, 2.05) is 32.0 Å². The molecular formula is C16H22BrNO2. The zero-order valence-electron chi connectivity index (χ0n) is 12.3. The van der Waals surface area contributed by atoms with Gasteiger partial charge in [-0.25, -0.2) is 0 Å². The fourth-order valence-corrected chi connectivity index (χ4v) is 2.23. The van der Waals surface area contributed by atoms with Gasteiger partial charge < -0.3 is 9.84 Å². The number of hydrogen-bond acceptors (Lipinski definition) is 3. The predicted octanol–water partition coefficient (Wildman–Crippen LogP) is 4.60. The summed E-state index contributed by atoms with van der Waals surface area (Å²) in [6, 6.07) is 7.93. The van der Waals surface area contributed by atoms with Gasteiger partial charge in [-0.3, -0.25) is 0 Å². The second-order valence-electron chi connectivity index (χ2n) is 5.66. The molecule has 1 atom stereocenters. The molecule has 3 nitrogen and oxygen atoms in total. The van der Waals surface area contributed by atoms with Crippen LogP contribution in [0.1, 0.15) is 51.7 Å². The normalized spacial score (nSPS) is 12.8. The van der Waals surface area contributed by atoms with Crippen LogP contribution in [0, 0.1) is 16.7 Å². The van der Waals surface area contributed by atoms with E-state index in [2.05, 4.69) is 22.0 Å². The molecule has 0 fully saturated rings. The monoisotopic (exact) mass is 339 g/mol. The van der Waals surface area contributed by atoms with Gasteiger partial charge in [-0.05, 0) is 52.2 Å². The Morgan fingerprint density at radius 1 is 1.40 bits per heavy atom. The number of rotatable bonds is 7. The van der Waals surface area contributed by atoms with Crippen molar-refractivity contribution < 1.29 is 9.84 Å². The first-order chi connectivity index (χ1) is 9.35. The number of nitriles is 1. The van der Waals surface area contributed by atoms with E-state index in [0.717, 1.165) is 29.3 Å². The van der Waals surface area contributed by atoms with Crippen molar-refractivity contribution in [3.8, 4) is 11.8 Å². The van der Waals surface area contributed by atoms with Crippen molar-refractivity contribution in [2.24, 2.45) is 5.41 Å². The van der Waals surface area contributed by atoms with E-state index in [0.29, 0.717) is 12.4 Å². The third kappa shape index (κ3) is 5.52. The van der Waals surface area contributed by atoms with Crippen LogP contribution >= 0.6 is 15.9 Å². The quantitative estimate of drug-likeness (QED) is 0.738. The number of ether oxygens (including phenoxy) is 1. The zero-order chi connectivity index (χ0) is 15.2. The minimum Gasteiger partial charge on any atom is -0.493 e. The predicted molar refractivity (Wildman–Crippen MR) is 83.5 cm³/mol. The molecule has 0 saturated heterocycles. The van der Waals surface area contributed by atoms with Gasteiger partial charge in [0.1, 0.15) is 5.75 Å². The molecule has 0 aromatic heterocycles. The van der Waals surface area contributed by atoms with Gasteiger partial charge >= 0.3 is 0 Å². The highest BCUT2D eigenvalue weighted by Gasteiger charge is 2.15. The summed E-state index contributed by atoms with van der Waals surface area (Å²) in [5.74, 6) is 0.717. The number of nitrogens with zero attached hydrogens (tertiary/aromatic N) is 1. The van der Waals surface area contributed by atoms with Gasteiger partial charge in [0, 0.05) is 10.0 Å². The van der Waals surface area contributed by atoms with Crippen LogP contribution in [0.5, 0.6) is 5.75 Å². The minimum absolute atomic E-state index is 0.263. The Kier molecular flexibility index (Phi) is 6.51. The lowest BCUT2D eigenvalue weighted by atomic mass is 9.89. The first-order valence-corrected chi connectivity index (χ1v) is 7.66. The highest BCUT2D eigenvalue weighted by Crippen LogP contribution is 2.29. The summed E-state index contributed by atoms with van der Waals surface area (Å²) >= 11 is 3.41. The number of aliphatic hydroxyl groups is 1. The molecule has 0 aliphatic heterocycles. The standard InChI is InChI=1S/C16H22BrNO2/c1-12(19)14-7-6-13(17)10-15(14)20-9-5-4-8-16(2,3)11-18/h6-7,10,12,19H,4-5,8-9H2,1-3H3/t12-/m1/s1. The maximum absolute atomic E-state index is 9.71. The Labute approximate surface area is 129 Å². The first-order valence-electron chi connectivity index (χ1n) is 6.87. The van der Waals surface area contributed by atoms with Gasteiger partial charge in [-0.1, -0.05) is 22.0 Å². The molecule has 1 aromatic carbocycles. The Morgan fingerprint density at radius 2 is 2.10 bits per heavy atom. The van der Waals surface area contributed by atoms with E-state index < -0.39 is 6.10 Å². The van der Waals surface area contributed by atoms with E-state index in [9.17, 15) is 5.11 Å². The topological polar surface area (TPSA) is 53.2 Å². The number of benzene rings is 1. The lowest BCUT2D eigenvalue weighted by Crippen LogP contribution is -2.08. The summed E-state index contributed by atoms with van der Waals surface area (Å²) in [4.78, 5) is 0. The molecule has 0 spiro atoms. The fourth-order valence-electron chi connectivity index (χ4n) is 1.89. The lowest BCUT2D eigenvalue weighted by Gasteiger charge is -2.16. The summed E-state index contributed by atoms with van der Waals surface area (Å²) in [6.45, 7) is 6.23. The molecule has 0 saturated carbocycles. The molecule has 0 aliphatic rings. The maximum atomic E-state index is 9.71. The van der Waals surface area contributed by atoms with Crippen molar-refractivity contribution >= 4 is 15.9 Å². The van der Waals surface area contributed by atoms with Crippen LogP contribution in [-0.4, -0.2) is 11.7 Å². The molecule has 0 radical (unpaired) electrons. The average molecular weight is 340 g/mol. The third-order valence-electron chi connectivity index (χ3n) is 3.18. The molecule has 0 heterocycles. The molecule has 1 rings (SSSR count). The van der Waals surface area contributed by atoms with Crippen LogP contribution in [0.25, 0.3) is 0 Å². The summed E-state index contributed by atoms with van der Waals surface area (Å²) in [5.41, 5.74) is 0.533. The third-order valence-corrected chi connectivity index (χ3v) is 3.68. The molecule has 0 amide bonds. The summed E-state index contributed by atoms with van der Waals surface area (Å²) in [5, 5.41) is 18.6. The Bertz CT molecular complexity index is 478. The SMILES string of the molecule is C[C@@H](O)c1ccc(Br)cc1OCCCCC(C)(C)C#N. The van der Waals surface area contributed by atoms with E-state index in [4.69, 9.17) is 10.00 Å². The van der Waals surface area contributed by atoms with Crippen LogP contribution in [-0.2, 0) is 0 Å². The van der Waals surface area contributed by atoms with Crippen molar-refractivity contribution in [1.29, 1.82) is 5.26 Å². The van der Waals surface area contributed by atoms with E-state index in [1.165, 1.54) is 0 Å². The van der Waals surface area contributed by atoms with Crippen molar-refractivity contribution in [2.45, 2.75) is 46.1 Å². The smallest absolute Gasteiger partial charge is 0.126 e. The van der Waals surface area contributed by atoms with Gasteiger partial charge in [0.2, 0.25) is 0 Å². The number of unbranched alkanes of at least 4 members (excludes halogenated alkanes) is 1. The van der Waals surface area contributed by atoms with Crippen LogP contribution in [0.3, 0.4) is 0 Å². The summed E-state index contributed by atoms with van der Waals surface area (Å²) < 4.78 is 6.69. The molecule has 4 heteroatoms. The largest absolute Gasteiger partial charge is 0.493 e. The van der Waals surface area contributed by atoms with Crippen LogP contribution in [0.4, 0.5) is 0 Å².